The van der Waals surface area contributed by atoms with E-state index in [1.54, 1.807) is 24.3 Å². The zero-order valence-electron chi connectivity index (χ0n) is 12.4. The molecule has 1 aromatic carbocycles. The second kappa shape index (κ2) is 8.60. The van der Waals surface area contributed by atoms with Crippen LogP contribution in [-0.4, -0.2) is 42.5 Å². The molecule has 2 amide bonds. The summed E-state index contributed by atoms with van der Waals surface area (Å²) in [6.45, 7) is 1.61. The average Bonchev–Trinajstić information content (AvgIpc) is 2.96. The van der Waals surface area contributed by atoms with Gasteiger partial charge in [-0.3, -0.25) is 9.59 Å². The van der Waals surface area contributed by atoms with E-state index in [2.05, 4.69) is 0 Å². The molecule has 4 N–H and O–H groups in total. The minimum atomic E-state index is -0.474. The number of carbonyl (C=O) groups excluding carboxylic acids is 2. The quantitative estimate of drug-likeness (QED) is 0.811. The molecule has 1 fully saturated rings. The summed E-state index contributed by atoms with van der Waals surface area (Å²) in [6.07, 6.45) is 2.33. The normalized spacial score (nSPS) is 17.0. The highest BCUT2D eigenvalue weighted by Crippen LogP contribution is 2.17. The number of halogens is 1. The van der Waals surface area contributed by atoms with Gasteiger partial charge >= 0.3 is 0 Å². The second-order valence-electron chi connectivity index (χ2n) is 5.11. The number of likely N-dealkylation sites (tertiary alicyclic amines) is 1. The number of hydrogen-bond donors (Lipinski definition) is 2. The lowest BCUT2D eigenvalue weighted by molar-refractivity contribution is -0.132. The van der Waals surface area contributed by atoms with E-state index in [4.69, 9.17) is 16.2 Å². The highest BCUT2D eigenvalue weighted by Gasteiger charge is 2.26. The number of primary amides is 1. The summed E-state index contributed by atoms with van der Waals surface area (Å²) in [5.41, 5.74) is 11.2. The number of rotatable bonds is 6. The minimum absolute atomic E-state index is 0. The van der Waals surface area contributed by atoms with Crippen LogP contribution < -0.4 is 16.2 Å². The Bertz CT molecular complexity index is 507. The lowest BCUT2D eigenvalue weighted by Crippen LogP contribution is -2.40. The first kappa shape index (κ1) is 18.3. The van der Waals surface area contributed by atoms with Crippen LogP contribution in [0, 0.1) is 0 Å². The van der Waals surface area contributed by atoms with Crippen LogP contribution in [0.15, 0.2) is 24.3 Å². The first-order valence-electron chi connectivity index (χ1n) is 7.14. The molecule has 0 aliphatic carbocycles. The summed E-state index contributed by atoms with van der Waals surface area (Å²) in [6, 6.07) is 6.72. The van der Waals surface area contributed by atoms with Crippen molar-refractivity contribution < 1.29 is 14.3 Å². The van der Waals surface area contributed by atoms with Crippen molar-refractivity contribution in [2.75, 3.05) is 19.7 Å². The molecule has 0 radical (unpaired) electrons. The van der Waals surface area contributed by atoms with E-state index in [1.807, 2.05) is 4.90 Å². The van der Waals surface area contributed by atoms with Gasteiger partial charge in [0.05, 0.1) is 13.0 Å². The fraction of sp³-hybridized carbons (Fsp3) is 0.467. The fourth-order valence-corrected chi connectivity index (χ4v) is 2.52. The molecule has 0 spiro atoms. The summed E-state index contributed by atoms with van der Waals surface area (Å²) >= 11 is 0. The van der Waals surface area contributed by atoms with Crippen LogP contribution in [0.4, 0.5) is 0 Å². The number of nitrogens with two attached hydrogens (primary N) is 2. The van der Waals surface area contributed by atoms with E-state index < -0.39 is 5.91 Å². The van der Waals surface area contributed by atoms with Gasteiger partial charge in [0.1, 0.15) is 5.75 Å². The van der Waals surface area contributed by atoms with Crippen molar-refractivity contribution in [3.8, 4) is 5.75 Å². The van der Waals surface area contributed by atoms with E-state index in [-0.39, 0.29) is 24.4 Å². The van der Waals surface area contributed by atoms with Gasteiger partial charge in [-0.1, -0.05) is 0 Å². The maximum absolute atomic E-state index is 12.1. The van der Waals surface area contributed by atoms with Crippen LogP contribution in [0.2, 0.25) is 0 Å². The summed E-state index contributed by atoms with van der Waals surface area (Å²) < 4.78 is 5.51. The number of hydrogen-bond acceptors (Lipinski definition) is 4. The number of nitrogens with zero attached hydrogens (tertiary/aromatic N) is 1. The van der Waals surface area contributed by atoms with Crippen LogP contribution in [-0.2, 0) is 4.79 Å². The SMILES string of the molecule is Cl.NCC1CCCN1C(=O)CCOc1ccc(C(N)=O)cc1. The zero-order valence-corrected chi connectivity index (χ0v) is 13.2. The van der Waals surface area contributed by atoms with Gasteiger partial charge < -0.3 is 21.1 Å². The Kier molecular flexibility index (Phi) is 7.14. The summed E-state index contributed by atoms with van der Waals surface area (Å²) in [7, 11) is 0. The van der Waals surface area contributed by atoms with Gasteiger partial charge in [-0.05, 0) is 37.1 Å². The molecule has 122 valence electrons. The van der Waals surface area contributed by atoms with Crippen LogP contribution in [0.1, 0.15) is 29.6 Å². The molecule has 1 heterocycles. The Labute approximate surface area is 136 Å². The Morgan fingerprint density at radius 2 is 1.95 bits per heavy atom. The van der Waals surface area contributed by atoms with Crippen LogP contribution in [0.5, 0.6) is 5.75 Å². The van der Waals surface area contributed by atoms with E-state index in [9.17, 15) is 9.59 Å². The van der Waals surface area contributed by atoms with E-state index in [0.29, 0.717) is 30.9 Å². The van der Waals surface area contributed by atoms with E-state index in [1.165, 1.54) is 0 Å². The van der Waals surface area contributed by atoms with E-state index >= 15 is 0 Å². The smallest absolute Gasteiger partial charge is 0.248 e. The van der Waals surface area contributed by atoms with Crippen molar-refractivity contribution in [3.63, 3.8) is 0 Å². The molecule has 1 saturated heterocycles. The lowest BCUT2D eigenvalue weighted by Gasteiger charge is -2.23. The van der Waals surface area contributed by atoms with Crippen molar-refractivity contribution >= 4 is 24.2 Å². The molecule has 2 rings (SSSR count). The number of ether oxygens (including phenoxy) is 1. The Balaban J connectivity index is 0.00000242. The topological polar surface area (TPSA) is 98.7 Å². The summed E-state index contributed by atoms with van der Waals surface area (Å²) in [5, 5.41) is 0. The molecule has 1 aliphatic rings. The maximum Gasteiger partial charge on any atom is 0.248 e. The summed E-state index contributed by atoms with van der Waals surface area (Å²) in [4.78, 5) is 24.9. The van der Waals surface area contributed by atoms with Gasteiger partial charge in [0.15, 0.2) is 0 Å². The van der Waals surface area contributed by atoms with Gasteiger partial charge in [0.25, 0.3) is 0 Å². The van der Waals surface area contributed by atoms with Gasteiger partial charge in [-0.15, -0.1) is 12.4 Å². The molecule has 0 bridgehead atoms. The van der Waals surface area contributed by atoms with E-state index in [0.717, 1.165) is 19.4 Å². The number of benzene rings is 1. The molecule has 1 atom stereocenters. The molecule has 1 unspecified atom stereocenters. The predicted octanol–water partition coefficient (Wildman–Crippen LogP) is 0.926. The highest BCUT2D eigenvalue weighted by atomic mass is 35.5. The third kappa shape index (κ3) is 4.61. The molecule has 1 aliphatic heterocycles. The van der Waals surface area contributed by atoms with Crippen molar-refractivity contribution in [3.05, 3.63) is 29.8 Å². The van der Waals surface area contributed by atoms with Gasteiger partial charge in [0, 0.05) is 24.7 Å². The largest absolute Gasteiger partial charge is 0.493 e. The number of amides is 2. The van der Waals surface area contributed by atoms with Gasteiger partial charge in [-0.25, -0.2) is 0 Å². The van der Waals surface area contributed by atoms with Gasteiger partial charge in [-0.2, -0.15) is 0 Å². The molecule has 7 heteroatoms. The fourth-order valence-electron chi connectivity index (χ4n) is 2.52. The van der Waals surface area contributed by atoms with Crippen molar-refractivity contribution in [2.24, 2.45) is 11.5 Å². The lowest BCUT2D eigenvalue weighted by atomic mass is 10.2. The molecular formula is C15H22ClN3O3. The van der Waals surface area contributed by atoms with Crippen LogP contribution in [0.3, 0.4) is 0 Å². The Hall–Kier alpha value is -1.79. The molecule has 0 aromatic heterocycles. The zero-order chi connectivity index (χ0) is 15.2. The Morgan fingerprint density at radius 1 is 1.27 bits per heavy atom. The molecule has 6 nitrogen and oxygen atoms in total. The minimum Gasteiger partial charge on any atom is -0.493 e. The highest BCUT2D eigenvalue weighted by molar-refractivity contribution is 5.92. The molecule has 1 aromatic rings. The number of carbonyl (C=O) groups is 2. The summed E-state index contributed by atoms with van der Waals surface area (Å²) in [5.74, 6) is 0.222. The van der Waals surface area contributed by atoms with Crippen LogP contribution >= 0.6 is 12.4 Å². The van der Waals surface area contributed by atoms with Crippen molar-refractivity contribution in [2.45, 2.75) is 25.3 Å². The van der Waals surface area contributed by atoms with Crippen LogP contribution in [0.25, 0.3) is 0 Å². The maximum atomic E-state index is 12.1. The predicted molar refractivity (Wildman–Crippen MR) is 86.1 cm³/mol. The van der Waals surface area contributed by atoms with Gasteiger partial charge in [0.2, 0.25) is 11.8 Å². The standard InChI is InChI=1S/C15H21N3O3.ClH/c16-10-12-2-1-8-18(12)14(19)7-9-21-13-5-3-11(4-6-13)15(17)20;/h3-6,12H,1-2,7-10,16H2,(H2,17,20);1H. The monoisotopic (exact) mass is 327 g/mol. The average molecular weight is 328 g/mol. The molecular weight excluding hydrogens is 306 g/mol. The Morgan fingerprint density at radius 3 is 2.55 bits per heavy atom. The molecule has 22 heavy (non-hydrogen) atoms. The van der Waals surface area contributed by atoms with Crippen molar-refractivity contribution in [1.29, 1.82) is 0 Å². The second-order valence-corrected chi connectivity index (χ2v) is 5.11. The molecule has 0 saturated carbocycles. The third-order valence-electron chi connectivity index (χ3n) is 3.69. The third-order valence-corrected chi connectivity index (χ3v) is 3.69. The first-order chi connectivity index (χ1) is 10.1. The first-order valence-corrected chi connectivity index (χ1v) is 7.14. The van der Waals surface area contributed by atoms with Crippen molar-refractivity contribution in [1.82, 2.24) is 4.90 Å².